The van der Waals surface area contributed by atoms with E-state index in [-0.39, 0.29) is 11.8 Å². The highest BCUT2D eigenvalue weighted by Gasteiger charge is 2.27. The monoisotopic (exact) mass is 312 g/mol. The molecule has 1 aliphatic heterocycles. The quantitative estimate of drug-likeness (QED) is 0.861. The van der Waals surface area contributed by atoms with E-state index < -0.39 is 0 Å². The zero-order valence-corrected chi connectivity index (χ0v) is 13.4. The first-order valence-electron chi connectivity index (χ1n) is 7.71. The maximum atomic E-state index is 12.5. The van der Waals surface area contributed by atoms with Crippen molar-refractivity contribution in [3.8, 4) is 11.1 Å². The minimum atomic E-state index is -0.0349. The van der Waals surface area contributed by atoms with Gasteiger partial charge in [0.25, 0.3) is 0 Å². The molecule has 2 aromatic rings. The number of carbonyl (C=O) groups excluding carboxylic acids is 1. The molecule has 23 heavy (non-hydrogen) atoms. The van der Waals surface area contributed by atoms with Gasteiger partial charge in [-0.25, -0.2) is 9.97 Å². The van der Waals surface area contributed by atoms with Crippen molar-refractivity contribution in [3.63, 3.8) is 0 Å². The van der Waals surface area contributed by atoms with Gasteiger partial charge in [0.15, 0.2) is 0 Å². The molecular formula is C17H20N4O2. The van der Waals surface area contributed by atoms with Gasteiger partial charge in [-0.05, 0) is 31.0 Å². The van der Waals surface area contributed by atoms with Crippen LogP contribution in [-0.2, 0) is 16.1 Å². The molecule has 6 nitrogen and oxygen atoms in total. The van der Waals surface area contributed by atoms with E-state index in [0.29, 0.717) is 25.6 Å². The van der Waals surface area contributed by atoms with Gasteiger partial charge in [-0.2, -0.15) is 0 Å². The molecule has 0 radical (unpaired) electrons. The summed E-state index contributed by atoms with van der Waals surface area (Å²) in [4.78, 5) is 27.1. The molecule has 120 valence electrons. The standard InChI is InChI=1S/C17H20N4O2/c1-12-19-9-15(13-3-6-18-7-4-13)16(20-12)10-21(2)17(22)14-5-8-23-11-14/h3-4,6-7,9,14H,5,8,10-11H2,1-2H3. The predicted octanol–water partition coefficient (Wildman–Crippen LogP) is 1.84. The van der Waals surface area contributed by atoms with E-state index in [1.807, 2.05) is 32.3 Å². The van der Waals surface area contributed by atoms with Crippen molar-refractivity contribution in [2.24, 2.45) is 5.92 Å². The molecule has 0 spiro atoms. The summed E-state index contributed by atoms with van der Waals surface area (Å²) in [5.74, 6) is 0.773. The molecule has 0 aromatic carbocycles. The van der Waals surface area contributed by atoms with E-state index in [0.717, 1.165) is 23.2 Å². The number of ether oxygens (including phenoxy) is 1. The minimum absolute atomic E-state index is 0.0349. The average molecular weight is 312 g/mol. The Balaban J connectivity index is 1.84. The molecule has 1 saturated heterocycles. The molecular weight excluding hydrogens is 292 g/mol. The lowest BCUT2D eigenvalue weighted by atomic mass is 10.1. The number of hydrogen-bond acceptors (Lipinski definition) is 5. The lowest BCUT2D eigenvalue weighted by Gasteiger charge is -2.21. The number of pyridine rings is 1. The lowest BCUT2D eigenvalue weighted by Crippen LogP contribution is -2.33. The molecule has 0 N–H and O–H groups in total. The Labute approximate surface area is 135 Å². The van der Waals surface area contributed by atoms with Crippen LogP contribution in [0, 0.1) is 12.8 Å². The molecule has 3 heterocycles. The first-order chi connectivity index (χ1) is 11.1. The van der Waals surface area contributed by atoms with E-state index in [2.05, 4.69) is 15.0 Å². The first kappa shape index (κ1) is 15.6. The highest BCUT2D eigenvalue weighted by molar-refractivity contribution is 5.79. The van der Waals surface area contributed by atoms with Gasteiger partial charge >= 0.3 is 0 Å². The van der Waals surface area contributed by atoms with Crippen LogP contribution in [0.25, 0.3) is 11.1 Å². The third-order valence-electron chi connectivity index (χ3n) is 4.02. The van der Waals surface area contributed by atoms with Crippen LogP contribution < -0.4 is 0 Å². The van der Waals surface area contributed by atoms with Crippen LogP contribution in [0.4, 0.5) is 0 Å². The third-order valence-corrected chi connectivity index (χ3v) is 4.02. The Kier molecular flexibility index (Phi) is 4.62. The normalized spacial score (nSPS) is 17.2. The van der Waals surface area contributed by atoms with Crippen molar-refractivity contribution in [2.75, 3.05) is 20.3 Å². The van der Waals surface area contributed by atoms with E-state index in [9.17, 15) is 4.79 Å². The number of hydrogen-bond donors (Lipinski definition) is 0. The van der Waals surface area contributed by atoms with Crippen LogP contribution in [0.15, 0.2) is 30.7 Å². The van der Waals surface area contributed by atoms with Crippen molar-refractivity contribution in [1.82, 2.24) is 19.9 Å². The van der Waals surface area contributed by atoms with E-state index in [4.69, 9.17) is 4.74 Å². The van der Waals surface area contributed by atoms with Gasteiger partial charge in [-0.1, -0.05) is 0 Å². The molecule has 1 aliphatic rings. The zero-order valence-electron chi connectivity index (χ0n) is 13.4. The fourth-order valence-corrected chi connectivity index (χ4v) is 2.75. The molecule has 0 bridgehead atoms. The fraction of sp³-hybridized carbons (Fsp3) is 0.412. The van der Waals surface area contributed by atoms with Crippen LogP contribution in [-0.4, -0.2) is 46.0 Å². The molecule has 1 atom stereocenters. The van der Waals surface area contributed by atoms with Crippen LogP contribution in [0.3, 0.4) is 0 Å². The molecule has 1 unspecified atom stereocenters. The molecule has 0 aliphatic carbocycles. The number of amides is 1. The van der Waals surface area contributed by atoms with Gasteiger partial charge in [-0.15, -0.1) is 0 Å². The lowest BCUT2D eigenvalue weighted by molar-refractivity contribution is -0.134. The van der Waals surface area contributed by atoms with Gasteiger partial charge in [0.05, 0.1) is 24.8 Å². The summed E-state index contributed by atoms with van der Waals surface area (Å²) in [5.41, 5.74) is 2.78. The second kappa shape index (κ2) is 6.83. The SMILES string of the molecule is Cc1ncc(-c2ccncc2)c(CN(C)C(=O)C2CCOC2)n1. The summed E-state index contributed by atoms with van der Waals surface area (Å²) in [6.07, 6.45) is 6.08. The summed E-state index contributed by atoms with van der Waals surface area (Å²) in [6, 6.07) is 3.84. The average Bonchev–Trinajstić information content (AvgIpc) is 3.09. The van der Waals surface area contributed by atoms with Crippen LogP contribution in [0.1, 0.15) is 17.9 Å². The van der Waals surface area contributed by atoms with Gasteiger partial charge in [0.2, 0.25) is 5.91 Å². The minimum Gasteiger partial charge on any atom is -0.381 e. The van der Waals surface area contributed by atoms with Crippen molar-refractivity contribution in [1.29, 1.82) is 0 Å². The molecule has 1 fully saturated rings. The van der Waals surface area contributed by atoms with Gasteiger partial charge in [-0.3, -0.25) is 9.78 Å². The van der Waals surface area contributed by atoms with Crippen LogP contribution >= 0.6 is 0 Å². The van der Waals surface area contributed by atoms with Gasteiger partial charge < -0.3 is 9.64 Å². The summed E-state index contributed by atoms with van der Waals surface area (Å²) < 4.78 is 5.31. The Morgan fingerprint density at radius 1 is 1.39 bits per heavy atom. The summed E-state index contributed by atoms with van der Waals surface area (Å²) in [7, 11) is 1.81. The number of aryl methyl sites for hydroxylation is 1. The van der Waals surface area contributed by atoms with E-state index in [1.54, 1.807) is 17.3 Å². The smallest absolute Gasteiger partial charge is 0.228 e. The van der Waals surface area contributed by atoms with Crippen molar-refractivity contribution < 1.29 is 9.53 Å². The number of carbonyl (C=O) groups is 1. The Bertz CT molecular complexity index is 684. The first-order valence-corrected chi connectivity index (χ1v) is 7.71. The maximum absolute atomic E-state index is 12.5. The van der Waals surface area contributed by atoms with Crippen LogP contribution in [0.5, 0.6) is 0 Å². The van der Waals surface area contributed by atoms with Gasteiger partial charge in [0, 0.05) is 37.8 Å². The predicted molar refractivity (Wildman–Crippen MR) is 85.4 cm³/mol. The molecule has 6 heteroatoms. The fourth-order valence-electron chi connectivity index (χ4n) is 2.75. The highest BCUT2D eigenvalue weighted by atomic mass is 16.5. The van der Waals surface area contributed by atoms with Crippen molar-refractivity contribution in [2.45, 2.75) is 19.9 Å². The second-order valence-electron chi connectivity index (χ2n) is 5.77. The van der Waals surface area contributed by atoms with E-state index >= 15 is 0 Å². The summed E-state index contributed by atoms with van der Waals surface area (Å²) in [5, 5.41) is 0. The van der Waals surface area contributed by atoms with Crippen LogP contribution in [0.2, 0.25) is 0 Å². The van der Waals surface area contributed by atoms with Gasteiger partial charge in [0.1, 0.15) is 5.82 Å². The van der Waals surface area contributed by atoms with Crippen molar-refractivity contribution in [3.05, 3.63) is 42.2 Å². The number of rotatable bonds is 4. The Morgan fingerprint density at radius 3 is 2.87 bits per heavy atom. The maximum Gasteiger partial charge on any atom is 0.228 e. The highest BCUT2D eigenvalue weighted by Crippen LogP contribution is 2.23. The Hall–Kier alpha value is -2.34. The molecule has 3 rings (SSSR count). The topological polar surface area (TPSA) is 68.2 Å². The Morgan fingerprint density at radius 2 is 2.17 bits per heavy atom. The van der Waals surface area contributed by atoms with E-state index in [1.165, 1.54) is 0 Å². The largest absolute Gasteiger partial charge is 0.381 e. The van der Waals surface area contributed by atoms with Crippen molar-refractivity contribution >= 4 is 5.91 Å². The molecule has 0 saturated carbocycles. The molecule has 1 amide bonds. The number of nitrogens with zero attached hydrogens (tertiary/aromatic N) is 4. The molecule has 2 aromatic heterocycles. The third kappa shape index (κ3) is 3.53. The second-order valence-corrected chi connectivity index (χ2v) is 5.77. The summed E-state index contributed by atoms with van der Waals surface area (Å²) >= 11 is 0. The summed E-state index contributed by atoms with van der Waals surface area (Å²) in [6.45, 7) is 3.49. The number of aromatic nitrogens is 3. The zero-order chi connectivity index (χ0) is 16.2.